The molecule has 0 amide bonds. The van der Waals surface area contributed by atoms with E-state index in [1.807, 2.05) is 4.52 Å². The van der Waals surface area contributed by atoms with Crippen molar-refractivity contribution in [1.82, 2.24) is 19.8 Å². The number of aromatic nitrogens is 4. The first-order chi connectivity index (χ1) is 8.20. The van der Waals surface area contributed by atoms with Crippen LogP contribution in [0.25, 0.3) is 4.96 Å². The van der Waals surface area contributed by atoms with E-state index in [-0.39, 0.29) is 6.04 Å². The van der Waals surface area contributed by atoms with Gasteiger partial charge in [-0.05, 0) is 18.8 Å². The van der Waals surface area contributed by atoms with E-state index in [0.717, 1.165) is 22.2 Å². The molecule has 3 rings (SSSR count). The maximum atomic E-state index is 6.20. The minimum absolute atomic E-state index is 0.0127. The molecule has 17 heavy (non-hydrogen) atoms. The van der Waals surface area contributed by atoms with Crippen LogP contribution in [-0.4, -0.2) is 19.8 Å². The van der Waals surface area contributed by atoms with Gasteiger partial charge in [0.15, 0.2) is 5.82 Å². The molecule has 2 aromatic rings. The lowest BCUT2D eigenvalue weighted by Crippen LogP contribution is -2.18. The Morgan fingerprint density at radius 3 is 2.88 bits per heavy atom. The van der Waals surface area contributed by atoms with E-state index in [0.29, 0.717) is 11.8 Å². The minimum atomic E-state index is 0.0127. The molecule has 5 nitrogen and oxygen atoms in total. The number of nitrogens with two attached hydrogens (primary N) is 1. The lowest BCUT2D eigenvalue weighted by Gasteiger charge is -2.14. The number of nitrogens with zero attached hydrogens (tertiary/aromatic N) is 4. The summed E-state index contributed by atoms with van der Waals surface area (Å²) in [5.74, 6) is 2.03. The van der Waals surface area contributed by atoms with Gasteiger partial charge in [0, 0.05) is 5.92 Å². The highest BCUT2D eigenvalue weighted by atomic mass is 32.1. The van der Waals surface area contributed by atoms with Gasteiger partial charge in [-0.15, -0.1) is 10.2 Å². The van der Waals surface area contributed by atoms with Crippen molar-refractivity contribution in [2.45, 2.75) is 45.1 Å². The Balaban J connectivity index is 1.96. The van der Waals surface area contributed by atoms with Gasteiger partial charge in [0.2, 0.25) is 4.96 Å². The van der Waals surface area contributed by atoms with Crippen LogP contribution in [0.1, 0.15) is 55.9 Å². The summed E-state index contributed by atoms with van der Waals surface area (Å²) in [6, 6.07) is 0.0127. The highest BCUT2D eigenvalue weighted by Crippen LogP contribution is 2.39. The Morgan fingerprint density at radius 1 is 1.47 bits per heavy atom. The van der Waals surface area contributed by atoms with E-state index in [9.17, 15) is 0 Å². The average molecular weight is 251 g/mol. The van der Waals surface area contributed by atoms with Gasteiger partial charge >= 0.3 is 0 Å². The first-order valence-corrected chi connectivity index (χ1v) is 7.00. The highest BCUT2D eigenvalue weighted by molar-refractivity contribution is 7.16. The largest absolute Gasteiger partial charge is 0.322 e. The summed E-state index contributed by atoms with van der Waals surface area (Å²) in [6.45, 7) is 4.31. The van der Waals surface area contributed by atoms with E-state index in [1.54, 1.807) is 11.3 Å². The molecule has 0 bridgehead atoms. The van der Waals surface area contributed by atoms with Gasteiger partial charge < -0.3 is 5.73 Å². The zero-order chi connectivity index (χ0) is 12.0. The SMILES string of the molecule is CCC(C)C(N)c1nn2c(C3CC3)nnc2s1. The molecule has 6 heteroatoms. The van der Waals surface area contributed by atoms with Gasteiger partial charge in [-0.25, -0.2) is 0 Å². The van der Waals surface area contributed by atoms with E-state index >= 15 is 0 Å². The molecular formula is C11H17N5S. The Kier molecular flexibility index (Phi) is 2.63. The average Bonchev–Trinajstić information content (AvgIpc) is 2.96. The number of hydrogen-bond donors (Lipinski definition) is 1. The third-order valence-corrected chi connectivity index (χ3v) is 4.52. The molecule has 2 heterocycles. The van der Waals surface area contributed by atoms with Crippen LogP contribution in [0.2, 0.25) is 0 Å². The third kappa shape index (κ3) is 1.85. The molecule has 0 spiro atoms. The van der Waals surface area contributed by atoms with Crippen LogP contribution in [-0.2, 0) is 0 Å². The van der Waals surface area contributed by atoms with E-state index in [1.165, 1.54) is 12.8 Å². The summed E-state index contributed by atoms with van der Waals surface area (Å²) in [5, 5.41) is 14.0. The topological polar surface area (TPSA) is 69.1 Å². The molecule has 2 atom stereocenters. The van der Waals surface area contributed by atoms with Crippen molar-refractivity contribution in [1.29, 1.82) is 0 Å². The van der Waals surface area contributed by atoms with Gasteiger partial charge in [-0.3, -0.25) is 0 Å². The second-order valence-electron chi connectivity index (χ2n) is 4.88. The van der Waals surface area contributed by atoms with Crippen molar-refractivity contribution in [2.24, 2.45) is 11.7 Å². The fraction of sp³-hybridized carbons (Fsp3) is 0.727. The standard InChI is InChI=1S/C11H17N5S/c1-3-6(2)8(12)10-15-16-9(7-4-5-7)13-14-11(16)17-10/h6-8H,3-5,12H2,1-2H3. The molecule has 2 aromatic heterocycles. The highest BCUT2D eigenvalue weighted by Gasteiger charge is 2.30. The van der Waals surface area contributed by atoms with Crippen LogP contribution < -0.4 is 5.73 Å². The molecule has 0 aliphatic heterocycles. The Hall–Kier alpha value is -1.01. The fourth-order valence-electron chi connectivity index (χ4n) is 1.88. The second kappa shape index (κ2) is 4.03. The molecule has 1 aliphatic carbocycles. The summed E-state index contributed by atoms with van der Waals surface area (Å²) in [7, 11) is 0. The fourth-order valence-corrected chi connectivity index (χ4v) is 2.86. The van der Waals surface area contributed by atoms with Crippen molar-refractivity contribution in [3.8, 4) is 0 Å². The van der Waals surface area contributed by atoms with Crippen LogP contribution in [0.15, 0.2) is 0 Å². The van der Waals surface area contributed by atoms with E-state index in [4.69, 9.17) is 5.73 Å². The van der Waals surface area contributed by atoms with Crippen molar-refractivity contribution < 1.29 is 0 Å². The molecule has 1 saturated carbocycles. The number of rotatable bonds is 4. The normalized spacial score (nSPS) is 19.7. The van der Waals surface area contributed by atoms with Crippen molar-refractivity contribution in [2.75, 3.05) is 0 Å². The van der Waals surface area contributed by atoms with E-state index in [2.05, 4.69) is 29.1 Å². The molecule has 2 N–H and O–H groups in total. The maximum Gasteiger partial charge on any atom is 0.234 e. The zero-order valence-corrected chi connectivity index (χ0v) is 10.9. The number of fused-ring (bicyclic) bond motifs is 1. The van der Waals surface area contributed by atoms with Crippen molar-refractivity contribution in [3.63, 3.8) is 0 Å². The van der Waals surface area contributed by atoms with Crippen LogP contribution in [0.4, 0.5) is 0 Å². The summed E-state index contributed by atoms with van der Waals surface area (Å²) >= 11 is 1.57. The van der Waals surface area contributed by atoms with Crippen molar-refractivity contribution in [3.05, 3.63) is 10.8 Å². The summed E-state index contributed by atoms with van der Waals surface area (Å²) in [4.78, 5) is 0.876. The molecular weight excluding hydrogens is 234 g/mol. The molecule has 2 unspecified atom stereocenters. The smallest absolute Gasteiger partial charge is 0.234 e. The van der Waals surface area contributed by atoms with Gasteiger partial charge in [0.1, 0.15) is 5.01 Å². The van der Waals surface area contributed by atoms with Crippen LogP contribution in [0.5, 0.6) is 0 Å². The molecule has 0 saturated heterocycles. The first kappa shape index (κ1) is 11.1. The second-order valence-corrected chi connectivity index (χ2v) is 5.87. The van der Waals surface area contributed by atoms with Crippen molar-refractivity contribution >= 4 is 16.3 Å². The third-order valence-electron chi connectivity index (χ3n) is 3.52. The lowest BCUT2D eigenvalue weighted by molar-refractivity contribution is 0.451. The summed E-state index contributed by atoms with van der Waals surface area (Å²) < 4.78 is 1.89. The zero-order valence-electron chi connectivity index (χ0n) is 10.1. The van der Waals surface area contributed by atoms with Gasteiger partial charge in [-0.1, -0.05) is 31.6 Å². The molecule has 1 aliphatic rings. The molecule has 0 aromatic carbocycles. The predicted octanol–water partition coefficient (Wildman–Crippen LogP) is 2.11. The molecule has 0 radical (unpaired) electrons. The Bertz CT molecular complexity index is 527. The first-order valence-electron chi connectivity index (χ1n) is 6.18. The molecule has 1 fully saturated rings. The maximum absolute atomic E-state index is 6.20. The summed E-state index contributed by atoms with van der Waals surface area (Å²) in [6.07, 6.45) is 3.49. The quantitative estimate of drug-likeness (QED) is 0.903. The monoisotopic (exact) mass is 251 g/mol. The van der Waals surface area contributed by atoms with Crippen LogP contribution in [0, 0.1) is 5.92 Å². The van der Waals surface area contributed by atoms with Gasteiger partial charge in [0.05, 0.1) is 6.04 Å². The van der Waals surface area contributed by atoms with Crippen LogP contribution in [0.3, 0.4) is 0 Å². The lowest BCUT2D eigenvalue weighted by atomic mass is 10.0. The molecule has 92 valence electrons. The minimum Gasteiger partial charge on any atom is -0.322 e. The predicted molar refractivity (Wildman–Crippen MR) is 67.0 cm³/mol. The van der Waals surface area contributed by atoms with Crippen LogP contribution >= 0.6 is 11.3 Å². The Morgan fingerprint density at radius 2 is 2.24 bits per heavy atom. The number of hydrogen-bond acceptors (Lipinski definition) is 5. The van der Waals surface area contributed by atoms with Gasteiger partial charge in [-0.2, -0.15) is 9.61 Å². The van der Waals surface area contributed by atoms with Gasteiger partial charge in [0.25, 0.3) is 0 Å². The Labute approximate surface area is 104 Å². The summed E-state index contributed by atoms with van der Waals surface area (Å²) in [5.41, 5.74) is 6.20. The van der Waals surface area contributed by atoms with E-state index < -0.39 is 0 Å².